The minimum Gasteiger partial charge on any atom is -0.357 e. The summed E-state index contributed by atoms with van der Waals surface area (Å²) in [5, 5.41) is 8.24. The van der Waals surface area contributed by atoms with E-state index >= 15 is 0 Å². The van der Waals surface area contributed by atoms with Crippen LogP contribution in [-0.2, 0) is 6.42 Å². The van der Waals surface area contributed by atoms with Crippen molar-refractivity contribution in [2.45, 2.75) is 77.8 Å². The van der Waals surface area contributed by atoms with Crippen LogP contribution in [0, 0.1) is 13.8 Å². The second kappa shape index (κ2) is 9.70. The van der Waals surface area contributed by atoms with Gasteiger partial charge in [-0.2, -0.15) is 0 Å². The van der Waals surface area contributed by atoms with E-state index < -0.39 is 0 Å². The number of hydrogen-bond donors (Lipinski definition) is 2. The fraction of sp³-hybridized carbons (Fsp3) is 0.800. The molecule has 1 aromatic rings. The molecule has 0 atom stereocenters. The van der Waals surface area contributed by atoms with Crippen molar-refractivity contribution in [3.05, 3.63) is 15.6 Å². The third-order valence-electron chi connectivity index (χ3n) is 5.66. The largest absolute Gasteiger partial charge is 0.357 e. The van der Waals surface area contributed by atoms with E-state index in [4.69, 9.17) is 4.99 Å². The smallest absolute Gasteiger partial charge is 0.191 e. The van der Waals surface area contributed by atoms with E-state index in [-0.39, 0.29) is 0 Å². The molecule has 0 bridgehead atoms. The molecule has 1 saturated carbocycles. The van der Waals surface area contributed by atoms with E-state index in [1.54, 1.807) is 11.3 Å². The van der Waals surface area contributed by atoms with E-state index in [0.29, 0.717) is 6.04 Å². The number of aromatic nitrogens is 1. The van der Waals surface area contributed by atoms with E-state index in [2.05, 4.69) is 41.3 Å². The molecule has 2 heterocycles. The first-order valence-corrected chi connectivity index (χ1v) is 11.2. The summed E-state index contributed by atoms with van der Waals surface area (Å²) in [6.07, 6.45) is 9.13. The standard InChI is InChI=1S/C20H35N5S/c1-4-21-20(22-12-9-19-15(2)23-16(3)26-19)24-17-10-13-25(14-11-17)18-7-5-6-8-18/h17-18H,4-14H2,1-3H3,(H2,21,22,24). The number of thiazole rings is 1. The van der Waals surface area contributed by atoms with Gasteiger partial charge in [0.15, 0.2) is 5.96 Å². The summed E-state index contributed by atoms with van der Waals surface area (Å²) >= 11 is 1.80. The molecule has 2 N–H and O–H groups in total. The maximum Gasteiger partial charge on any atom is 0.191 e. The van der Waals surface area contributed by atoms with E-state index in [1.165, 1.54) is 62.2 Å². The van der Waals surface area contributed by atoms with Crippen LogP contribution in [-0.4, -0.2) is 54.1 Å². The third-order valence-corrected chi connectivity index (χ3v) is 6.80. The van der Waals surface area contributed by atoms with Gasteiger partial charge in [0.25, 0.3) is 0 Å². The number of aryl methyl sites for hydroxylation is 2. The van der Waals surface area contributed by atoms with Gasteiger partial charge in [-0.05, 0) is 46.5 Å². The second-order valence-electron chi connectivity index (χ2n) is 7.64. The Morgan fingerprint density at radius 1 is 1.19 bits per heavy atom. The molecule has 2 fully saturated rings. The maximum absolute atomic E-state index is 4.81. The number of hydrogen-bond acceptors (Lipinski definition) is 4. The normalized spacial score (nSPS) is 20.7. The van der Waals surface area contributed by atoms with Gasteiger partial charge in [-0.25, -0.2) is 4.98 Å². The van der Waals surface area contributed by atoms with Crippen LogP contribution < -0.4 is 10.6 Å². The predicted molar refractivity (Wildman–Crippen MR) is 111 cm³/mol. The highest BCUT2D eigenvalue weighted by molar-refractivity contribution is 7.11. The van der Waals surface area contributed by atoms with Gasteiger partial charge in [0, 0.05) is 49.6 Å². The van der Waals surface area contributed by atoms with Crippen molar-refractivity contribution < 1.29 is 0 Å². The molecule has 0 spiro atoms. The van der Waals surface area contributed by atoms with Crippen LogP contribution in [0.15, 0.2) is 4.99 Å². The van der Waals surface area contributed by atoms with Crippen LogP contribution >= 0.6 is 11.3 Å². The zero-order valence-corrected chi connectivity index (χ0v) is 17.5. The van der Waals surface area contributed by atoms with Crippen molar-refractivity contribution >= 4 is 17.3 Å². The fourth-order valence-corrected chi connectivity index (χ4v) is 5.19. The summed E-state index contributed by atoms with van der Waals surface area (Å²) in [6, 6.07) is 1.42. The lowest BCUT2D eigenvalue weighted by Gasteiger charge is -2.36. The average molecular weight is 378 g/mol. The fourth-order valence-electron chi connectivity index (χ4n) is 4.27. The molecule has 1 aliphatic heterocycles. The van der Waals surface area contributed by atoms with Crippen molar-refractivity contribution in [2.75, 3.05) is 26.2 Å². The van der Waals surface area contributed by atoms with E-state index in [9.17, 15) is 0 Å². The topological polar surface area (TPSA) is 52.6 Å². The summed E-state index contributed by atoms with van der Waals surface area (Å²) in [5.41, 5.74) is 1.17. The van der Waals surface area contributed by atoms with Gasteiger partial charge in [-0.3, -0.25) is 4.99 Å². The molecule has 3 rings (SSSR count). The molecule has 146 valence electrons. The number of aliphatic imine (C=N–C) groups is 1. The Morgan fingerprint density at radius 3 is 2.54 bits per heavy atom. The lowest BCUT2D eigenvalue weighted by Crippen LogP contribution is -2.50. The highest BCUT2D eigenvalue weighted by atomic mass is 32.1. The summed E-state index contributed by atoms with van der Waals surface area (Å²) in [7, 11) is 0. The van der Waals surface area contributed by atoms with Crippen molar-refractivity contribution in [3.8, 4) is 0 Å². The Kier molecular flexibility index (Phi) is 7.32. The zero-order chi connectivity index (χ0) is 18.4. The Hall–Kier alpha value is -1.14. The number of nitrogens with zero attached hydrogens (tertiary/aromatic N) is 3. The average Bonchev–Trinajstić information content (AvgIpc) is 3.26. The third kappa shape index (κ3) is 5.43. The number of rotatable bonds is 6. The Morgan fingerprint density at radius 2 is 1.92 bits per heavy atom. The molecule has 0 aromatic carbocycles. The molecule has 1 aromatic heterocycles. The Balaban J connectivity index is 1.46. The van der Waals surface area contributed by atoms with Crippen LogP contribution in [0.25, 0.3) is 0 Å². The minimum atomic E-state index is 0.554. The van der Waals surface area contributed by atoms with Gasteiger partial charge in [0.2, 0.25) is 0 Å². The number of guanidine groups is 1. The molecule has 5 nitrogen and oxygen atoms in total. The highest BCUT2D eigenvalue weighted by Crippen LogP contribution is 2.26. The van der Waals surface area contributed by atoms with Crippen LogP contribution in [0.5, 0.6) is 0 Å². The molecule has 26 heavy (non-hydrogen) atoms. The molecule has 0 amide bonds. The highest BCUT2D eigenvalue weighted by Gasteiger charge is 2.27. The lowest BCUT2D eigenvalue weighted by molar-refractivity contribution is 0.150. The van der Waals surface area contributed by atoms with Crippen LogP contribution in [0.4, 0.5) is 0 Å². The molecule has 1 aliphatic carbocycles. The molecule has 1 saturated heterocycles. The lowest BCUT2D eigenvalue weighted by atomic mass is 10.0. The number of likely N-dealkylation sites (tertiary alicyclic amines) is 1. The van der Waals surface area contributed by atoms with Gasteiger partial charge in [-0.1, -0.05) is 12.8 Å². The first kappa shape index (κ1) is 19.6. The van der Waals surface area contributed by atoms with E-state index in [0.717, 1.165) is 36.5 Å². The maximum atomic E-state index is 4.81. The summed E-state index contributed by atoms with van der Waals surface area (Å²) in [5.74, 6) is 0.978. The first-order valence-electron chi connectivity index (χ1n) is 10.4. The molecule has 0 unspecified atom stereocenters. The second-order valence-corrected chi connectivity index (χ2v) is 8.93. The number of nitrogens with one attached hydrogen (secondary N) is 2. The van der Waals surface area contributed by atoms with Gasteiger partial charge in [-0.15, -0.1) is 11.3 Å². The van der Waals surface area contributed by atoms with Crippen molar-refractivity contribution in [1.29, 1.82) is 0 Å². The number of piperidine rings is 1. The molecular formula is C20H35N5S. The van der Waals surface area contributed by atoms with Crippen LogP contribution in [0.2, 0.25) is 0 Å². The predicted octanol–water partition coefficient (Wildman–Crippen LogP) is 3.26. The molecule has 2 aliphatic rings. The van der Waals surface area contributed by atoms with Crippen LogP contribution in [0.3, 0.4) is 0 Å². The zero-order valence-electron chi connectivity index (χ0n) is 16.7. The van der Waals surface area contributed by atoms with Crippen LogP contribution in [0.1, 0.15) is 61.0 Å². The van der Waals surface area contributed by atoms with E-state index in [1.807, 2.05) is 0 Å². The Labute approximate surface area is 162 Å². The molecule has 0 radical (unpaired) electrons. The SMILES string of the molecule is CCNC(=NCCc1sc(C)nc1C)NC1CCN(C2CCCC2)CC1. The summed E-state index contributed by atoms with van der Waals surface area (Å²) in [6.45, 7) is 10.5. The quantitative estimate of drug-likeness (QED) is 0.590. The Bertz CT molecular complexity index is 583. The van der Waals surface area contributed by atoms with Crippen molar-refractivity contribution in [3.63, 3.8) is 0 Å². The minimum absolute atomic E-state index is 0.554. The van der Waals surface area contributed by atoms with Gasteiger partial charge in [0.1, 0.15) is 0 Å². The molecular weight excluding hydrogens is 342 g/mol. The summed E-state index contributed by atoms with van der Waals surface area (Å²) < 4.78 is 0. The molecule has 6 heteroatoms. The van der Waals surface area contributed by atoms with Gasteiger partial charge >= 0.3 is 0 Å². The summed E-state index contributed by atoms with van der Waals surface area (Å²) in [4.78, 5) is 13.4. The van der Waals surface area contributed by atoms with Gasteiger partial charge in [0.05, 0.1) is 10.7 Å². The van der Waals surface area contributed by atoms with Gasteiger partial charge < -0.3 is 15.5 Å². The monoisotopic (exact) mass is 377 g/mol. The van der Waals surface area contributed by atoms with Crippen molar-refractivity contribution in [2.24, 2.45) is 4.99 Å². The first-order chi connectivity index (χ1) is 12.7. The van der Waals surface area contributed by atoms with Crippen molar-refractivity contribution in [1.82, 2.24) is 20.5 Å².